The second-order valence-electron chi connectivity index (χ2n) is 2.80. The molecule has 0 aliphatic carbocycles. The fourth-order valence-corrected chi connectivity index (χ4v) is 1.50. The molecule has 2 radical (unpaired) electrons. The summed E-state index contributed by atoms with van der Waals surface area (Å²) in [5.41, 5.74) is 0. The number of likely N-dealkylation sites (tertiary alicyclic amines) is 1. The minimum Gasteiger partial charge on any atom is -0.394 e. The lowest BCUT2D eigenvalue weighted by Gasteiger charge is -2.21. The fourth-order valence-electron chi connectivity index (χ4n) is 1.50. The predicted molar refractivity (Wildman–Crippen MR) is 37.5 cm³/mol. The van der Waals surface area contributed by atoms with Gasteiger partial charge in [0.15, 0.2) is 11.9 Å². The number of aliphatic hydroxyl groups excluding tert-OH is 1. The zero-order valence-corrected chi connectivity index (χ0v) is 6.10. The molecular weight excluding hydrogens is 161 g/mol. The highest BCUT2D eigenvalue weighted by Gasteiger charge is 2.61. The Bertz CT molecular complexity index is 273. The SMILES string of the molecule is [3H]OC[C@@H]1C2OC2C(=O)N1C([B])=O. The first kappa shape index (κ1) is 6.62. The van der Waals surface area contributed by atoms with Crippen LogP contribution in [-0.4, -0.2) is 55.9 Å². The number of rotatable bonds is 2. The number of morpholine rings is 1. The van der Waals surface area contributed by atoms with Gasteiger partial charge in [0.05, 0.1) is 12.6 Å². The van der Waals surface area contributed by atoms with Gasteiger partial charge in [-0.15, -0.1) is 0 Å². The van der Waals surface area contributed by atoms with Crippen LogP contribution in [0.15, 0.2) is 0 Å². The highest BCUT2D eigenvalue weighted by atomic mass is 16.6. The Morgan fingerprint density at radius 2 is 2.67 bits per heavy atom. The average molecular weight is 169 g/mol. The Hall–Kier alpha value is -0.875. The van der Waals surface area contributed by atoms with E-state index >= 15 is 0 Å². The van der Waals surface area contributed by atoms with Crippen molar-refractivity contribution in [2.45, 2.75) is 18.2 Å². The molecule has 2 amide bonds. The molecule has 2 unspecified atom stereocenters. The molecule has 3 atom stereocenters. The summed E-state index contributed by atoms with van der Waals surface area (Å²) in [6.45, 7) is -0.0597. The molecule has 0 spiro atoms. The second kappa shape index (κ2) is 2.30. The molecule has 0 aromatic rings. The van der Waals surface area contributed by atoms with E-state index in [9.17, 15) is 9.59 Å². The van der Waals surface area contributed by atoms with Crippen LogP contribution in [0.25, 0.3) is 0 Å². The molecule has 2 saturated heterocycles. The van der Waals surface area contributed by atoms with Crippen molar-refractivity contribution in [2.24, 2.45) is 0 Å². The van der Waals surface area contributed by atoms with E-state index in [1.54, 1.807) is 0 Å². The van der Waals surface area contributed by atoms with Gasteiger partial charge in [0.1, 0.15) is 6.10 Å². The highest BCUT2D eigenvalue weighted by Crippen LogP contribution is 2.37. The number of epoxide rings is 1. The number of hydrogen-bond acceptors (Lipinski definition) is 4. The number of hydrogen-bond donors (Lipinski definition) is 1. The van der Waals surface area contributed by atoms with Gasteiger partial charge in [0, 0.05) is 0 Å². The largest absolute Gasteiger partial charge is 0.394 e. The fraction of sp³-hybridized carbons (Fsp3) is 0.667. The van der Waals surface area contributed by atoms with E-state index in [0.29, 0.717) is 0 Å². The van der Waals surface area contributed by atoms with Crippen molar-refractivity contribution >= 4 is 19.6 Å². The molecule has 12 heavy (non-hydrogen) atoms. The maximum absolute atomic E-state index is 11.3. The van der Waals surface area contributed by atoms with E-state index in [0.717, 1.165) is 4.90 Å². The normalized spacial score (nSPS) is 39.3. The molecule has 2 rings (SSSR count). The molecule has 2 aliphatic rings. The van der Waals surface area contributed by atoms with Crippen LogP contribution in [0, 0.1) is 0 Å². The zero-order chi connectivity index (χ0) is 9.59. The molecule has 0 saturated carbocycles. The lowest BCUT2D eigenvalue weighted by Crippen LogP contribution is -2.44. The Kier molecular flexibility index (Phi) is 1.27. The predicted octanol–water partition coefficient (Wildman–Crippen LogP) is -1.75. The molecule has 62 valence electrons. The van der Waals surface area contributed by atoms with E-state index < -0.39 is 23.9 Å². The van der Waals surface area contributed by atoms with Crippen molar-refractivity contribution in [1.29, 1.82) is 1.43 Å². The summed E-state index contributed by atoms with van der Waals surface area (Å²) in [4.78, 5) is 23.0. The summed E-state index contributed by atoms with van der Waals surface area (Å²) >= 11 is 0. The Morgan fingerprint density at radius 1 is 1.92 bits per heavy atom. The number of aliphatic hydroxyl groups is 1. The molecule has 0 bridgehead atoms. The molecule has 5 nitrogen and oxygen atoms in total. The molecule has 6 heteroatoms. The lowest BCUT2D eigenvalue weighted by atomic mass is 10.1. The number of imide groups is 1. The Balaban J connectivity index is 2.14. The molecule has 2 fully saturated rings. The van der Waals surface area contributed by atoms with E-state index in [-0.39, 0.29) is 12.7 Å². The molecule has 0 aromatic heterocycles. The van der Waals surface area contributed by atoms with Crippen molar-refractivity contribution < 1.29 is 19.4 Å². The van der Waals surface area contributed by atoms with Crippen molar-refractivity contribution in [3.05, 3.63) is 0 Å². The van der Waals surface area contributed by atoms with Crippen molar-refractivity contribution in [1.82, 2.24) is 4.90 Å². The van der Waals surface area contributed by atoms with Crippen LogP contribution in [0.3, 0.4) is 0 Å². The highest BCUT2D eigenvalue weighted by molar-refractivity contribution is 6.58. The van der Waals surface area contributed by atoms with Gasteiger partial charge in [-0.2, -0.15) is 0 Å². The van der Waals surface area contributed by atoms with E-state index in [1.165, 1.54) is 0 Å². The molecule has 2 heterocycles. The van der Waals surface area contributed by atoms with Crippen LogP contribution < -0.4 is 0 Å². The van der Waals surface area contributed by atoms with Gasteiger partial charge in [-0.3, -0.25) is 14.5 Å². The third kappa shape index (κ3) is 0.819. The topological polar surface area (TPSA) is 70.1 Å². The third-order valence-electron chi connectivity index (χ3n) is 2.13. The first-order chi connectivity index (χ1) is 6.16. The van der Waals surface area contributed by atoms with Gasteiger partial charge in [0.25, 0.3) is 5.91 Å². The van der Waals surface area contributed by atoms with Gasteiger partial charge < -0.3 is 9.85 Å². The van der Waals surface area contributed by atoms with Crippen molar-refractivity contribution in [3.63, 3.8) is 0 Å². The summed E-state index contributed by atoms with van der Waals surface area (Å²) in [5.74, 6) is -1.25. The maximum Gasteiger partial charge on any atom is 0.260 e. The molecule has 2 aliphatic heterocycles. The Morgan fingerprint density at radius 3 is 3.25 bits per heavy atom. The van der Waals surface area contributed by atoms with Crippen LogP contribution in [0.5, 0.6) is 0 Å². The van der Waals surface area contributed by atoms with Crippen LogP contribution >= 0.6 is 0 Å². The number of amides is 2. The number of ether oxygens (including phenoxy) is 1. The number of nitrogens with zero attached hydrogens (tertiary/aromatic N) is 1. The van der Waals surface area contributed by atoms with Crippen LogP contribution in [-0.2, 0) is 9.53 Å². The second-order valence-corrected chi connectivity index (χ2v) is 2.80. The monoisotopic (exact) mass is 169 g/mol. The quantitative estimate of drug-likeness (QED) is 0.392. The Labute approximate surface area is 71.2 Å². The van der Waals surface area contributed by atoms with Gasteiger partial charge >= 0.3 is 0 Å². The van der Waals surface area contributed by atoms with Gasteiger partial charge in [-0.05, 0) is 0 Å². The van der Waals surface area contributed by atoms with Gasteiger partial charge in [-0.1, -0.05) is 0 Å². The molecule has 1 N–H and O–H groups in total. The minimum absolute atomic E-state index is 0.0597. The van der Waals surface area contributed by atoms with Crippen molar-refractivity contribution in [2.75, 3.05) is 6.61 Å². The van der Waals surface area contributed by atoms with Crippen molar-refractivity contribution in [3.8, 4) is 0 Å². The standard InChI is InChI=1S/C6H6BNO4/c7-6(11)8-2(1-9)3-4(12-3)5(8)10/h2-4,9H,1H2/t2-,3?,4?/m1/s1/i9T. The van der Waals surface area contributed by atoms with Gasteiger partial charge in [0.2, 0.25) is 9.28 Å². The summed E-state index contributed by atoms with van der Waals surface area (Å²) in [5, 5.41) is 4.12. The zero-order valence-electron chi connectivity index (χ0n) is 7.10. The summed E-state index contributed by atoms with van der Waals surface area (Å²) < 4.78 is 11.5. The summed E-state index contributed by atoms with van der Waals surface area (Å²) in [7, 11) is 4.99. The average Bonchev–Trinajstić information content (AvgIpc) is 2.76. The smallest absolute Gasteiger partial charge is 0.260 e. The van der Waals surface area contributed by atoms with Crippen LogP contribution in [0.1, 0.15) is 0 Å². The maximum atomic E-state index is 11.3. The van der Waals surface area contributed by atoms with E-state index in [2.05, 4.69) is 5.11 Å². The summed E-state index contributed by atoms with van der Waals surface area (Å²) in [6.07, 6.45) is -0.877. The minimum atomic E-state index is -0.817. The lowest BCUT2D eigenvalue weighted by molar-refractivity contribution is -0.130. The summed E-state index contributed by atoms with van der Waals surface area (Å²) in [6, 6.07) is -0.535. The molecule has 0 aromatic carbocycles. The first-order valence-corrected chi connectivity index (χ1v) is 3.53. The number of fused-ring (bicyclic) bond motifs is 1. The van der Waals surface area contributed by atoms with Crippen LogP contribution in [0.2, 0.25) is 0 Å². The van der Waals surface area contributed by atoms with Gasteiger partial charge in [-0.25, -0.2) is 0 Å². The molecular formula is C6H6BNO4. The van der Waals surface area contributed by atoms with E-state index in [4.69, 9.17) is 14.0 Å². The number of carbonyl (C=O) groups excluding carboxylic acids is 2. The first-order valence-electron chi connectivity index (χ1n) is 3.93. The number of carbonyl (C=O) groups is 2. The third-order valence-corrected chi connectivity index (χ3v) is 2.13. The van der Waals surface area contributed by atoms with Crippen LogP contribution in [0.4, 0.5) is 4.79 Å². The van der Waals surface area contributed by atoms with E-state index in [1.807, 2.05) is 0 Å².